The molecule has 0 aromatic heterocycles. The van der Waals surface area contributed by atoms with Crippen LogP contribution >= 0.6 is 15.9 Å². The Morgan fingerprint density at radius 1 is 1.50 bits per heavy atom. The molecule has 0 aliphatic heterocycles. The summed E-state index contributed by atoms with van der Waals surface area (Å²) >= 11 is 3.17. The van der Waals surface area contributed by atoms with Crippen molar-refractivity contribution < 1.29 is 4.39 Å². The summed E-state index contributed by atoms with van der Waals surface area (Å²) in [6.07, 6.45) is 0. The highest BCUT2D eigenvalue weighted by atomic mass is 79.9. The first kappa shape index (κ1) is 9.68. The average molecular weight is 232 g/mol. The first-order valence-corrected chi connectivity index (χ1v) is 4.53. The van der Waals surface area contributed by atoms with E-state index in [-0.39, 0.29) is 11.9 Å². The Bertz CT molecular complexity index is 297. The van der Waals surface area contributed by atoms with Crippen LogP contribution in [-0.2, 0) is 0 Å². The van der Waals surface area contributed by atoms with Crippen molar-refractivity contribution in [2.45, 2.75) is 19.9 Å². The van der Waals surface area contributed by atoms with E-state index >= 15 is 0 Å². The second-order valence-electron chi connectivity index (χ2n) is 2.86. The monoisotopic (exact) mass is 231 g/mol. The Labute approximate surface area is 79.9 Å². The van der Waals surface area contributed by atoms with Crippen molar-refractivity contribution in [3.05, 3.63) is 33.5 Å². The third kappa shape index (κ3) is 1.67. The van der Waals surface area contributed by atoms with Gasteiger partial charge in [0, 0.05) is 6.04 Å². The van der Waals surface area contributed by atoms with Gasteiger partial charge in [0.2, 0.25) is 0 Å². The molecule has 0 amide bonds. The molecule has 66 valence electrons. The van der Waals surface area contributed by atoms with Crippen LogP contribution in [0, 0.1) is 12.7 Å². The van der Waals surface area contributed by atoms with Crippen molar-refractivity contribution in [3.8, 4) is 0 Å². The minimum absolute atomic E-state index is 0.0538. The molecule has 0 saturated heterocycles. The van der Waals surface area contributed by atoms with Crippen LogP contribution in [0.3, 0.4) is 0 Å². The third-order valence-electron chi connectivity index (χ3n) is 1.87. The molecule has 1 rings (SSSR count). The number of rotatable bonds is 1. The van der Waals surface area contributed by atoms with E-state index in [1.807, 2.05) is 13.8 Å². The van der Waals surface area contributed by atoms with E-state index in [0.29, 0.717) is 4.47 Å². The van der Waals surface area contributed by atoms with Gasteiger partial charge in [0.1, 0.15) is 5.82 Å². The normalized spacial score (nSPS) is 13.1. The number of nitrogens with two attached hydrogens (primary N) is 1. The van der Waals surface area contributed by atoms with Gasteiger partial charge < -0.3 is 5.73 Å². The molecular weight excluding hydrogens is 221 g/mol. The maximum Gasteiger partial charge on any atom is 0.137 e. The molecule has 12 heavy (non-hydrogen) atoms. The standard InChI is InChI=1S/C9H11BrFN/c1-5-7(6(2)12)3-4-8(11)9(5)10/h3-4,6H,12H2,1-2H3. The van der Waals surface area contributed by atoms with Gasteiger partial charge in [0.05, 0.1) is 4.47 Å². The fraction of sp³-hybridized carbons (Fsp3) is 0.333. The van der Waals surface area contributed by atoms with E-state index in [1.165, 1.54) is 6.07 Å². The molecule has 1 atom stereocenters. The van der Waals surface area contributed by atoms with E-state index in [4.69, 9.17) is 5.73 Å². The second kappa shape index (κ2) is 3.54. The van der Waals surface area contributed by atoms with E-state index in [2.05, 4.69) is 15.9 Å². The van der Waals surface area contributed by atoms with E-state index in [0.717, 1.165) is 11.1 Å². The predicted molar refractivity (Wildman–Crippen MR) is 51.4 cm³/mol. The van der Waals surface area contributed by atoms with Crippen LogP contribution in [0.25, 0.3) is 0 Å². The molecule has 0 bridgehead atoms. The lowest BCUT2D eigenvalue weighted by Crippen LogP contribution is -2.07. The van der Waals surface area contributed by atoms with Gasteiger partial charge in [-0.1, -0.05) is 6.07 Å². The number of halogens is 2. The van der Waals surface area contributed by atoms with Gasteiger partial charge in [0.25, 0.3) is 0 Å². The first-order chi connectivity index (χ1) is 5.54. The SMILES string of the molecule is Cc1c(C(C)N)ccc(F)c1Br. The van der Waals surface area contributed by atoms with Crippen LogP contribution < -0.4 is 5.73 Å². The maximum absolute atomic E-state index is 12.9. The second-order valence-corrected chi connectivity index (χ2v) is 3.66. The molecule has 1 aromatic carbocycles. The van der Waals surface area contributed by atoms with Crippen molar-refractivity contribution in [1.29, 1.82) is 0 Å². The Morgan fingerprint density at radius 3 is 2.58 bits per heavy atom. The van der Waals surface area contributed by atoms with Crippen LogP contribution in [0.1, 0.15) is 24.1 Å². The zero-order valence-electron chi connectivity index (χ0n) is 7.07. The average Bonchev–Trinajstić information content (AvgIpc) is 2.00. The van der Waals surface area contributed by atoms with Gasteiger partial charge in [-0.2, -0.15) is 0 Å². The molecule has 0 fully saturated rings. The molecule has 0 saturated carbocycles. The van der Waals surface area contributed by atoms with Gasteiger partial charge >= 0.3 is 0 Å². The zero-order valence-corrected chi connectivity index (χ0v) is 8.65. The van der Waals surface area contributed by atoms with Gasteiger partial charge in [-0.05, 0) is 47.0 Å². The molecule has 3 heteroatoms. The van der Waals surface area contributed by atoms with Gasteiger partial charge in [0.15, 0.2) is 0 Å². The summed E-state index contributed by atoms with van der Waals surface area (Å²) in [5.41, 5.74) is 7.55. The Hall–Kier alpha value is -0.410. The number of benzene rings is 1. The summed E-state index contributed by atoms with van der Waals surface area (Å²) < 4.78 is 13.4. The van der Waals surface area contributed by atoms with E-state index in [1.54, 1.807) is 6.07 Å². The van der Waals surface area contributed by atoms with Gasteiger partial charge in [-0.15, -0.1) is 0 Å². The molecule has 1 aromatic rings. The summed E-state index contributed by atoms with van der Waals surface area (Å²) in [7, 11) is 0. The molecule has 2 N–H and O–H groups in total. The summed E-state index contributed by atoms with van der Waals surface area (Å²) in [6.45, 7) is 3.73. The predicted octanol–water partition coefficient (Wildman–Crippen LogP) is 2.92. The van der Waals surface area contributed by atoms with Crippen molar-refractivity contribution >= 4 is 15.9 Å². The lowest BCUT2D eigenvalue weighted by atomic mass is 10.0. The fourth-order valence-corrected chi connectivity index (χ4v) is 1.52. The van der Waals surface area contributed by atoms with Crippen LogP contribution in [0.4, 0.5) is 4.39 Å². The van der Waals surface area contributed by atoms with Crippen molar-refractivity contribution in [2.24, 2.45) is 5.73 Å². The van der Waals surface area contributed by atoms with Crippen LogP contribution in [0.5, 0.6) is 0 Å². The maximum atomic E-state index is 12.9. The van der Waals surface area contributed by atoms with Gasteiger partial charge in [-0.3, -0.25) is 0 Å². The molecule has 0 aliphatic carbocycles. The highest BCUT2D eigenvalue weighted by molar-refractivity contribution is 9.10. The Kier molecular flexibility index (Phi) is 2.85. The van der Waals surface area contributed by atoms with Crippen LogP contribution in [0.15, 0.2) is 16.6 Å². The van der Waals surface area contributed by atoms with E-state index < -0.39 is 0 Å². The molecular formula is C9H11BrFN. The van der Waals surface area contributed by atoms with Crippen LogP contribution in [0.2, 0.25) is 0 Å². The highest BCUT2D eigenvalue weighted by Crippen LogP contribution is 2.25. The number of hydrogen-bond donors (Lipinski definition) is 1. The molecule has 0 heterocycles. The number of hydrogen-bond acceptors (Lipinski definition) is 1. The summed E-state index contributed by atoms with van der Waals surface area (Å²) in [4.78, 5) is 0. The van der Waals surface area contributed by atoms with Crippen LogP contribution in [-0.4, -0.2) is 0 Å². The molecule has 1 nitrogen and oxygen atoms in total. The fourth-order valence-electron chi connectivity index (χ4n) is 1.16. The third-order valence-corrected chi connectivity index (χ3v) is 2.85. The quantitative estimate of drug-likeness (QED) is 0.791. The lowest BCUT2D eigenvalue weighted by molar-refractivity contribution is 0.617. The molecule has 0 aliphatic rings. The Balaban J connectivity index is 3.27. The van der Waals surface area contributed by atoms with Gasteiger partial charge in [-0.25, -0.2) is 4.39 Å². The lowest BCUT2D eigenvalue weighted by Gasteiger charge is -2.11. The van der Waals surface area contributed by atoms with Crippen molar-refractivity contribution in [2.75, 3.05) is 0 Å². The first-order valence-electron chi connectivity index (χ1n) is 3.74. The largest absolute Gasteiger partial charge is 0.324 e. The zero-order chi connectivity index (χ0) is 9.30. The minimum Gasteiger partial charge on any atom is -0.324 e. The molecule has 0 spiro atoms. The Morgan fingerprint density at radius 2 is 2.08 bits per heavy atom. The van der Waals surface area contributed by atoms with E-state index in [9.17, 15) is 4.39 Å². The van der Waals surface area contributed by atoms with Crippen molar-refractivity contribution in [1.82, 2.24) is 0 Å². The summed E-state index contributed by atoms with van der Waals surface area (Å²) in [5, 5.41) is 0. The summed E-state index contributed by atoms with van der Waals surface area (Å²) in [6, 6.07) is 3.09. The minimum atomic E-state index is -0.239. The smallest absolute Gasteiger partial charge is 0.137 e. The summed E-state index contributed by atoms with van der Waals surface area (Å²) in [5.74, 6) is -0.239. The molecule has 0 radical (unpaired) electrons. The topological polar surface area (TPSA) is 26.0 Å². The molecule has 1 unspecified atom stereocenters. The van der Waals surface area contributed by atoms with Crippen molar-refractivity contribution in [3.63, 3.8) is 0 Å². The highest BCUT2D eigenvalue weighted by Gasteiger charge is 2.09.